The number of carbonyl (C=O) groups excluding carboxylic acids is 3. The number of halogens is 2. The van der Waals surface area contributed by atoms with Gasteiger partial charge in [-0.3, -0.25) is 9.59 Å². The number of likely N-dealkylation sites (tertiary alicyclic amines) is 1. The summed E-state index contributed by atoms with van der Waals surface area (Å²) in [7, 11) is 0. The molecule has 0 saturated carbocycles. The zero-order valence-corrected chi connectivity index (χ0v) is 14.4. The highest BCUT2D eigenvalue weighted by Gasteiger charge is 2.25. The Morgan fingerprint density at radius 2 is 1.77 bits per heavy atom. The maximum absolute atomic E-state index is 13.5. The first-order valence-electron chi connectivity index (χ1n) is 8.35. The van der Waals surface area contributed by atoms with Crippen molar-refractivity contribution in [1.29, 1.82) is 0 Å². The molecule has 1 aromatic carbocycles. The molecule has 1 fully saturated rings. The third-order valence-electron chi connectivity index (χ3n) is 3.93. The van der Waals surface area contributed by atoms with Crippen molar-refractivity contribution >= 4 is 23.6 Å². The normalized spacial score (nSPS) is 14.7. The van der Waals surface area contributed by atoms with E-state index in [1.807, 2.05) is 0 Å². The lowest BCUT2D eigenvalue weighted by molar-refractivity contribution is -0.127. The predicted molar refractivity (Wildman–Crippen MR) is 89.4 cm³/mol. The lowest BCUT2D eigenvalue weighted by Crippen LogP contribution is -2.47. The van der Waals surface area contributed by atoms with Gasteiger partial charge < -0.3 is 20.3 Å². The van der Waals surface area contributed by atoms with Crippen molar-refractivity contribution in [2.24, 2.45) is 0 Å². The summed E-state index contributed by atoms with van der Waals surface area (Å²) in [5.41, 5.74) is -0.576. The number of nitrogens with zero attached hydrogens (tertiary/aromatic N) is 1. The summed E-state index contributed by atoms with van der Waals surface area (Å²) in [6.45, 7) is 2.91. The number of para-hydroxylation sites is 1. The van der Waals surface area contributed by atoms with Crippen LogP contribution in [-0.2, 0) is 14.3 Å². The molecule has 0 bridgehead atoms. The van der Waals surface area contributed by atoms with Crippen LogP contribution in [0.2, 0.25) is 0 Å². The van der Waals surface area contributed by atoms with Crippen molar-refractivity contribution in [2.45, 2.75) is 32.2 Å². The van der Waals surface area contributed by atoms with Crippen molar-refractivity contribution < 1.29 is 27.9 Å². The molecule has 26 heavy (non-hydrogen) atoms. The van der Waals surface area contributed by atoms with Gasteiger partial charge in [0.2, 0.25) is 11.8 Å². The van der Waals surface area contributed by atoms with Gasteiger partial charge >= 0.3 is 6.09 Å². The van der Waals surface area contributed by atoms with E-state index in [1.165, 1.54) is 6.07 Å². The van der Waals surface area contributed by atoms with E-state index in [0.29, 0.717) is 32.5 Å². The summed E-state index contributed by atoms with van der Waals surface area (Å²) in [5, 5.41) is 4.75. The second-order valence-electron chi connectivity index (χ2n) is 5.85. The largest absolute Gasteiger partial charge is 0.450 e. The van der Waals surface area contributed by atoms with Gasteiger partial charge in [0.25, 0.3) is 0 Å². The van der Waals surface area contributed by atoms with Crippen LogP contribution >= 0.6 is 0 Å². The van der Waals surface area contributed by atoms with E-state index in [1.54, 1.807) is 11.8 Å². The van der Waals surface area contributed by atoms with Gasteiger partial charge in [0, 0.05) is 19.1 Å². The molecule has 0 aliphatic carbocycles. The standard InChI is InChI=1S/C17H21F2N3O4/c1-2-26-17(25)22-8-6-11(7-9-22)20-14(23)10-15(24)21-16-12(18)4-3-5-13(16)19/h3-5,11H,2,6-10H2,1H3,(H,20,23)(H,21,24). The minimum Gasteiger partial charge on any atom is -0.450 e. The van der Waals surface area contributed by atoms with Crippen LogP contribution in [0.15, 0.2) is 18.2 Å². The van der Waals surface area contributed by atoms with Crippen molar-refractivity contribution in [2.75, 3.05) is 25.0 Å². The Kier molecular flexibility index (Phi) is 6.88. The second-order valence-corrected chi connectivity index (χ2v) is 5.85. The summed E-state index contributed by atoms with van der Waals surface area (Å²) < 4.78 is 31.9. The summed E-state index contributed by atoms with van der Waals surface area (Å²) in [6, 6.07) is 3.02. The Bertz CT molecular complexity index is 656. The van der Waals surface area contributed by atoms with Gasteiger partial charge in [-0.25, -0.2) is 13.6 Å². The van der Waals surface area contributed by atoms with Crippen molar-refractivity contribution in [3.8, 4) is 0 Å². The van der Waals surface area contributed by atoms with Crippen LogP contribution in [0.3, 0.4) is 0 Å². The lowest BCUT2D eigenvalue weighted by atomic mass is 10.1. The average molecular weight is 369 g/mol. The molecule has 0 aromatic heterocycles. The molecule has 1 aromatic rings. The molecule has 0 atom stereocenters. The molecule has 3 amide bonds. The molecule has 142 valence electrons. The van der Waals surface area contributed by atoms with Gasteiger partial charge in [-0.2, -0.15) is 0 Å². The molecular weight excluding hydrogens is 348 g/mol. The number of amides is 3. The number of rotatable bonds is 5. The summed E-state index contributed by atoms with van der Waals surface area (Å²) in [5.74, 6) is -3.18. The molecule has 1 saturated heterocycles. The summed E-state index contributed by atoms with van der Waals surface area (Å²) >= 11 is 0. The van der Waals surface area contributed by atoms with Gasteiger partial charge in [0.15, 0.2) is 0 Å². The maximum Gasteiger partial charge on any atom is 0.409 e. The van der Waals surface area contributed by atoms with E-state index >= 15 is 0 Å². The Labute approximate surface area is 149 Å². The van der Waals surface area contributed by atoms with E-state index in [-0.39, 0.29) is 12.1 Å². The number of benzene rings is 1. The Hall–Kier alpha value is -2.71. The third kappa shape index (κ3) is 5.40. The number of hydrogen-bond donors (Lipinski definition) is 2. The topological polar surface area (TPSA) is 87.7 Å². The quantitative estimate of drug-likeness (QED) is 0.778. The van der Waals surface area contributed by atoms with Gasteiger partial charge in [0.1, 0.15) is 23.7 Å². The van der Waals surface area contributed by atoms with Crippen LogP contribution in [0.4, 0.5) is 19.3 Å². The molecule has 9 heteroatoms. The molecule has 7 nitrogen and oxygen atoms in total. The van der Waals surface area contributed by atoms with E-state index < -0.39 is 35.6 Å². The molecule has 1 aliphatic heterocycles. The lowest BCUT2D eigenvalue weighted by Gasteiger charge is -2.31. The fourth-order valence-corrected chi connectivity index (χ4v) is 2.65. The van der Waals surface area contributed by atoms with E-state index in [9.17, 15) is 23.2 Å². The van der Waals surface area contributed by atoms with Crippen LogP contribution in [0.1, 0.15) is 26.2 Å². The van der Waals surface area contributed by atoms with Crippen LogP contribution in [0, 0.1) is 11.6 Å². The number of hydrogen-bond acceptors (Lipinski definition) is 4. The molecular formula is C17H21F2N3O4. The number of anilines is 1. The summed E-state index contributed by atoms with van der Waals surface area (Å²) in [4.78, 5) is 36.9. The van der Waals surface area contributed by atoms with Gasteiger partial charge in [0.05, 0.1) is 6.61 Å². The van der Waals surface area contributed by atoms with Crippen molar-refractivity contribution in [3.63, 3.8) is 0 Å². The zero-order valence-electron chi connectivity index (χ0n) is 14.4. The highest BCUT2D eigenvalue weighted by atomic mass is 19.1. The highest BCUT2D eigenvalue weighted by molar-refractivity contribution is 6.03. The molecule has 2 N–H and O–H groups in total. The highest BCUT2D eigenvalue weighted by Crippen LogP contribution is 2.18. The van der Waals surface area contributed by atoms with Crippen LogP contribution in [-0.4, -0.2) is 48.5 Å². The van der Waals surface area contributed by atoms with Crippen molar-refractivity contribution in [3.05, 3.63) is 29.8 Å². The van der Waals surface area contributed by atoms with E-state index in [0.717, 1.165) is 12.1 Å². The minimum atomic E-state index is -0.912. The van der Waals surface area contributed by atoms with Crippen LogP contribution < -0.4 is 10.6 Å². The Balaban J connectivity index is 1.77. The first kappa shape index (κ1) is 19.6. The zero-order chi connectivity index (χ0) is 19.1. The first-order chi connectivity index (χ1) is 12.4. The number of piperidine rings is 1. The first-order valence-corrected chi connectivity index (χ1v) is 8.35. The minimum absolute atomic E-state index is 0.175. The predicted octanol–water partition coefficient (Wildman–Crippen LogP) is 2.03. The van der Waals surface area contributed by atoms with Crippen molar-refractivity contribution in [1.82, 2.24) is 10.2 Å². The molecule has 0 radical (unpaired) electrons. The van der Waals surface area contributed by atoms with E-state index in [4.69, 9.17) is 4.74 Å². The summed E-state index contributed by atoms with van der Waals surface area (Å²) in [6.07, 6.45) is 0.136. The van der Waals surface area contributed by atoms with Gasteiger partial charge in [-0.05, 0) is 31.9 Å². The third-order valence-corrected chi connectivity index (χ3v) is 3.93. The second kappa shape index (κ2) is 9.12. The molecule has 1 aliphatic rings. The monoisotopic (exact) mass is 369 g/mol. The van der Waals surface area contributed by atoms with Crippen LogP contribution in [0.25, 0.3) is 0 Å². The molecule has 0 unspecified atom stereocenters. The van der Waals surface area contributed by atoms with E-state index in [2.05, 4.69) is 10.6 Å². The molecule has 2 rings (SSSR count). The van der Waals surface area contributed by atoms with Gasteiger partial charge in [-0.1, -0.05) is 6.07 Å². The van der Waals surface area contributed by atoms with Crippen LogP contribution in [0.5, 0.6) is 0 Å². The SMILES string of the molecule is CCOC(=O)N1CCC(NC(=O)CC(=O)Nc2c(F)cccc2F)CC1. The Morgan fingerprint density at radius 3 is 2.35 bits per heavy atom. The molecule has 1 heterocycles. The molecule has 0 spiro atoms. The Morgan fingerprint density at radius 1 is 1.15 bits per heavy atom. The van der Waals surface area contributed by atoms with Gasteiger partial charge in [-0.15, -0.1) is 0 Å². The maximum atomic E-state index is 13.5. The number of carbonyl (C=O) groups is 3. The number of ether oxygens (including phenoxy) is 1. The number of nitrogens with one attached hydrogen (secondary N) is 2. The smallest absolute Gasteiger partial charge is 0.409 e. The fourth-order valence-electron chi connectivity index (χ4n) is 2.65. The average Bonchev–Trinajstić information content (AvgIpc) is 2.59. The fraction of sp³-hybridized carbons (Fsp3) is 0.471.